The van der Waals surface area contributed by atoms with Gasteiger partial charge in [-0.3, -0.25) is 4.79 Å². The molecular formula is C49H55AuN5O-2. The molecule has 0 unspecified atom stereocenters. The molecule has 0 aliphatic carbocycles. The first kappa shape index (κ1) is 41.0. The first-order valence-corrected chi connectivity index (χ1v) is 19.8. The molecule has 0 N–H and O–H groups in total. The van der Waals surface area contributed by atoms with Gasteiger partial charge >= 0.3 is 0 Å². The molecule has 1 aliphatic rings. The fraction of sp³-hybridized carbons (Fsp3) is 0.327. The summed E-state index contributed by atoms with van der Waals surface area (Å²) in [6.07, 6.45) is 0. The van der Waals surface area contributed by atoms with Crippen LogP contribution in [-0.2, 0) is 27.2 Å². The molecule has 295 valence electrons. The van der Waals surface area contributed by atoms with Crippen LogP contribution in [0.25, 0.3) is 33.5 Å². The topological polar surface area (TPSA) is 45.8 Å². The van der Waals surface area contributed by atoms with E-state index in [-0.39, 0.29) is 28.3 Å². The van der Waals surface area contributed by atoms with Crippen molar-refractivity contribution in [3.8, 4) is 5.69 Å². The third kappa shape index (κ3) is 7.47. The molecule has 1 fully saturated rings. The van der Waals surface area contributed by atoms with Crippen LogP contribution in [-0.4, -0.2) is 26.4 Å². The summed E-state index contributed by atoms with van der Waals surface area (Å²) in [6, 6.07) is 41.2. The van der Waals surface area contributed by atoms with Gasteiger partial charge in [0.05, 0.1) is 16.4 Å². The molecule has 2 aromatic heterocycles. The molecule has 0 spiro atoms. The van der Waals surface area contributed by atoms with Crippen molar-refractivity contribution in [3.05, 3.63) is 144 Å². The molecular weight excluding hydrogens is 872 g/mol. The van der Waals surface area contributed by atoms with Crippen molar-refractivity contribution in [2.24, 2.45) is 5.41 Å². The summed E-state index contributed by atoms with van der Waals surface area (Å²) in [6.45, 7) is 24.8. The van der Waals surface area contributed by atoms with Gasteiger partial charge in [-0.1, -0.05) is 122 Å². The van der Waals surface area contributed by atoms with Crippen molar-refractivity contribution < 1.29 is 27.2 Å². The Kier molecular flexibility index (Phi) is 12.1. The Bertz CT molecular complexity index is 2420. The van der Waals surface area contributed by atoms with Crippen LogP contribution < -0.4 is 9.80 Å². The Balaban J connectivity index is 0.000000199. The van der Waals surface area contributed by atoms with Crippen molar-refractivity contribution in [3.63, 3.8) is 0 Å². The van der Waals surface area contributed by atoms with Gasteiger partial charge in [0.25, 0.3) is 0 Å². The molecule has 1 radical (unpaired) electrons. The van der Waals surface area contributed by atoms with Crippen molar-refractivity contribution in [2.45, 2.75) is 92.9 Å². The van der Waals surface area contributed by atoms with Crippen LogP contribution in [0.5, 0.6) is 0 Å². The van der Waals surface area contributed by atoms with Crippen LogP contribution in [0.1, 0.15) is 115 Å². The molecule has 5 aromatic carbocycles. The van der Waals surface area contributed by atoms with Crippen molar-refractivity contribution in [1.82, 2.24) is 14.0 Å². The Labute approximate surface area is 349 Å². The quantitative estimate of drug-likeness (QED) is 0.118. The minimum Gasteiger partial charge on any atom is -0.502 e. The number of fused-ring (bicyclic) bond motifs is 5. The molecule has 1 aliphatic heterocycles. The second-order valence-electron chi connectivity index (χ2n) is 16.8. The second kappa shape index (κ2) is 16.5. The van der Waals surface area contributed by atoms with Gasteiger partial charge in [-0.2, -0.15) is 18.2 Å². The molecule has 7 aromatic rings. The van der Waals surface area contributed by atoms with Gasteiger partial charge in [-0.15, -0.1) is 12.7 Å². The number of para-hydroxylation sites is 6. The van der Waals surface area contributed by atoms with Crippen molar-refractivity contribution in [2.75, 3.05) is 16.3 Å². The minimum atomic E-state index is -0.509. The third-order valence-electron chi connectivity index (χ3n) is 10.9. The molecule has 1 amide bonds. The molecule has 1 saturated heterocycles. The van der Waals surface area contributed by atoms with E-state index in [2.05, 4.69) is 169 Å². The van der Waals surface area contributed by atoms with E-state index in [9.17, 15) is 4.79 Å². The van der Waals surface area contributed by atoms with E-state index in [4.69, 9.17) is 4.98 Å². The minimum absolute atomic E-state index is 0. The van der Waals surface area contributed by atoms with E-state index in [0.29, 0.717) is 30.2 Å². The maximum absolute atomic E-state index is 13.9. The Morgan fingerprint density at radius 1 is 0.643 bits per heavy atom. The molecule has 6 nitrogen and oxygen atoms in total. The first-order chi connectivity index (χ1) is 26.3. The smallest absolute Gasteiger partial charge is 0.207 e. The molecule has 0 saturated carbocycles. The number of carbonyl (C=O) groups is 1. The van der Waals surface area contributed by atoms with E-state index in [1.807, 2.05) is 41.3 Å². The summed E-state index contributed by atoms with van der Waals surface area (Å²) in [5, 5.41) is 0. The summed E-state index contributed by atoms with van der Waals surface area (Å²) in [5.41, 5.74) is 12.3. The number of hydrogen-bond donors (Lipinski definition) is 0. The van der Waals surface area contributed by atoms with Crippen LogP contribution >= 0.6 is 0 Å². The summed E-state index contributed by atoms with van der Waals surface area (Å²) >= 11 is 0. The number of anilines is 2. The largest absolute Gasteiger partial charge is 0.502 e. The van der Waals surface area contributed by atoms with E-state index >= 15 is 0 Å². The average Bonchev–Trinajstić information content (AvgIpc) is 3.70. The van der Waals surface area contributed by atoms with Crippen LogP contribution in [0.2, 0.25) is 0 Å². The Hall–Kier alpha value is -4.62. The van der Waals surface area contributed by atoms with Gasteiger partial charge in [0.2, 0.25) is 11.7 Å². The third-order valence-corrected chi connectivity index (χ3v) is 10.9. The van der Waals surface area contributed by atoms with Gasteiger partial charge in [0.1, 0.15) is 0 Å². The molecule has 7 heteroatoms. The van der Waals surface area contributed by atoms with Gasteiger partial charge in [-0.25, -0.2) is 4.98 Å². The summed E-state index contributed by atoms with van der Waals surface area (Å²) < 4.78 is 4.36. The number of amides is 1. The number of rotatable bonds is 7. The number of carbonyl (C=O) groups excluding carboxylic acids is 1. The van der Waals surface area contributed by atoms with Gasteiger partial charge < -0.3 is 18.8 Å². The van der Waals surface area contributed by atoms with Gasteiger partial charge in [0, 0.05) is 46.0 Å². The maximum Gasteiger partial charge on any atom is 0.207 e. The number of imidazole rings is 2. The zero-order chi connectivity index (χ0) is 39.2. The number of benzene rings is 5. The van der Waals surface area contributed by atoms with Crippen LogP contribution in [0.3, 0.4) is 0 Å². The number of aromatic nitrogens is 3. The van der Waals surface area contributed by atoms with E-state index in [0.717, 1.165) is 39.2 Å². The van der Waals surface area contributed by atoms with Crippen LogP contribution in [0.4, 0.5) is 11.4 Å². The van der Waals surface area contributed by atoms with Crippen molar-refractivity contribution >= 4 is 45.1 Å². The van der Waals surface area contributed by atoms with Crippen LogP contribution in [0, 0.1) is 18.2 Å². The zero-order valence-electron chi connectivity index (χ0n) is 34.4. The predicted octanol–water partition coefficient (Wildman–Crippen LogP) is 12.4. The Morgan fingerprint density at radius 2 is 1.16 bits per heavy atom. The van der Waals surface area contributed by atoms with Gasteiger partial charge in [-0.05, 0) is 95.1 Å². The summed E-state index contributed by atoms with van der Waals surface area (Å²) in [4.78, 5) is 23.0. The summed E-state index contributed by atoms with van der Waals surface area (Å²) in [7, 11) is 0. The number of hydrogen-bond acceptors (Lipinski definition) is 3. The Morgan fingerprint density at radius 3 is 1.73 bits per heavy atom. The predicted molar refractivity (Wildman–Crippen MR) is 231 cm³/mol. The SMILES string of the molecule is CC(C)c1cccc(C(C)C)c1N1[CH-]N(c2c(C(C)C)cccc2C(C)C)C(=O)C(C)(C)C1.[Au].[c-]1cccc2c1n(-c1ccccc1)c1nc3ccccc3n21. The second-order valence-corrected chi connectivity index (χ2v) is 16.8. The zero-order valence-corrected chi connectivity index (χ0v) is 36.6. The standard InChI is InChI=1S/C30H43N2O.C19H12N3.Au/c1-19(2)23-13-11-14-24(20(3)4)27(23)31-17-30(9,10)29(33)32(18-31)28-25(21(5)6)15-12-16-26(28)22(7)8;1-2-8-14(9-3-1)21-17-12-6-7-13-18(17)22-16-11-5-4-10-15(16)20-19(21)22;/h11-16,18-22H,17H2,1-10H3;1-11,13H;/q2*-1;. The molecule has 0 bridgehead atoms. The monoisotopic (exact) mass is 926 g/mol. The molecule has 0 atom stereocenters. The average molecular weight is 927 g/mol. The molecule has 3 heterocycles. The van der Waals surface area contributed by atoms with Crippen LogP contribution in [0.15, 0.2) is 109 Å². The fourth-order valence-electron chi connectivity index (χ4n) is 8.08. The van der Waals surface area contributed by atoms with Crippen molar-refractivity contribution in [1.29, 1.82) is 0 Å². The fourth-order valence-corrected chi connectivity index (χ4v) is 8.08. The van der Waals surface area contributed by atoms with E-state index in [1.165, 1.54) is 27.9 Å². The normalized spacial score (nSPS) is 14.4. The molecule has 56 heavy (non-hydrogen) atoms. The van der Waals surface area contributed by atoms with Gasteiger partial charge in [0.15, 0.2) is 0 Å². The maximum atomic E-state index is 13.9. The molecule has 8 rings (SSSR count). The summed E-state index contributed by atoms with van der Waals surface area (Å²) in [5.74, 6) is 2.54. The first-order valence-electron chi connectivity index (χ1n) is 19.8. The van der Waals surface area contributed by atoms with E-state index < -0.39 is 5.41 Å². The number of nitrogens with zero attached hydrogens (tertiary/aromatic N) is 5. The van der Waals surface area contributed by atoms with E-state index in [1.54, 1.807) is 0 Å².